The summed E-state index contributed by atoms with van der Waals surface area (Å²) in [6.45, 7) is 1.51. The number of hydrogen-bond donors (Lipinski definition) is 2. The van der Waals surface area contributed by atoms with Gasteiger partial charge in [-0.3, -0.25) is 14.6 Å². The highest BCUT2D eigenvalue weighted by atomic mass is 16.5. The Morgan fingerprint density at radius 2 is 1.46 bits per heavy atom. The molecular formula is C40H39N3O5. The van der Waals surface area contributed by atoms with E-state index in [-0.39, 0.29) is 18.1 Å². The number of nitrogens with zero attached hydrogens (tertiary/aromatic N) is 2. The number of aromatic nitrogens is 1. The van der Waals surface area contributed by atoms with Crippen molar-refractivity contribution in [1.82, 2.24) is 9.88 Å². The first-order valence-corrected chi connectivity index (χ1v) is 16.1. The zero-order valence-electron chi connectivity index (χ0n) is 26.7. The van der Waals surface area contributed by atoms with Crippen molar-refractivity contribution >= 4 is 23.3 Å². The quantitative estimate of drug-likeness (QED) is 0.0845. The molecule has 0 saturated heterocycles. The molecule has 0 saturated carbocycles. The maximum Gasteiger partial charge on any atom is 0.326 e. The minimum Gasteiger partial charge on any atom is -0.494 e. The van der Waals surface area contributed by atoms with Crippen LogP contribution in [-0.4, -0.2) is 51.8 Å². The van der Waals surface area contributed by atoms with Crippen LogP contribution in [0.25, 0.3) is 0 Å². The number of ketones is 1. The predicted octanol–water partition coefficient (Wildman–Crippen LogP) is 6.85. The molecule has 0 aliphatic heterocycles. The van der Waals surface area contributed by atoms with E-state index in [1.165, 1.54) is 0 Å². The minimum atomic E-state index is -1.02. The first-order valence-electron chi connectivity index (χ1n) is 16.1. The Balaban J connectivity index is 1.14. The Bertz CT molecular complexity index is 1760. The molecule has 2 N–H and O–H groups in total. The summed E-state index contributed by atoms with van der Waals surface area (Å²) in [5, 5.41) is 13.1. The third-order valence-electron chi connectivity index (χ3n) is 7.96. The van der Waals surface area contributed by atoms with Crippen molar-refractivity contribution in [2.75, 3.05) is 18.5 Å². The van der Waals surface area contributed by atoms with Crippen LogP contribution in [0.1, 0.15) is 45.5 Å². The molecule has 0 radical (unpaired) electrons. The van der Waals surface area contributed by atoms with Gasteiger partial charge in [-0.05, 0) is 59.9 Å². The number of carboxylic acid groups (broad SMARTS) is 1. The molecule has 8 heteroatoms. The zero-order chi connectivity index (χ0) is 33.6. The molecule has 1 heterocycles. The average molecular weight is 642 g/mol. The monoisotopic (exact) mass is 641 g/mol. The summed E-state index contributed by atoms with van der Waals surface area (Å²) in [5.74, 6) is -0.454. The van der Waals surface area contributed by atoms with Crippen molar-refractivity contribution < 1.29 is 24.2 Å². The largest absolute Gasteiger partial charge is 0.494 e. The molecule has 0 aliphatic rings. The average Bonchev–Trinajstić information content (AvgIpc) is 3.13. The highest BCUT2D eigenvalue weighted by molar-refractivity contribution is 6.12. The van der Waals surface area contributed by atoms with Crippen molar-refractivity contribution in [3.63, 3.8) is 0 Å². The first kappa shape index (κ1) is 33.6. The maximum absolute atomic E-state index is 13.2. The Morgan fingerprint density at radius 1 is 0.771 bits per heavy atom. The number of hydrogen-bond acceptors (Lipinski definition) is 6. The number of anilines is 1. The van der Waals surface area contributed by atoms with Crippen molar-refractivity contribution in [2.45, 2.75) is 38.3 Å². The molecule has 244 valence electrons. The summed E-state index contributed by atoms with van der Waals surface area (Å²) >= 11 is 0. The normalized spacial score (nSPS) is 11.3. The van der Waals surface area contributed by atoms with Crippen LogP contribution in [0.4, 0.5) is 5.69 Å². The number of benzene rings is 4. The van der Waals surface area contributed by atoms with Gasteiger partial charge in [0.2, 0.25) is 5.91 Å². The third kappa shape index (κ3) is 9.87. The summed E-state index contributed by atoms with van der Waals surface area (Å²) in [7, 11) is 0. The second-order valence-corrected chi connectivity index (χ2v) is 11.5. The van der Waals surface area contributed by atoms with Gasteiger partial charge < -0.3 is 20.1 Å². The topological polar surface area (TPSA) is 109 Å². The minimum absolute atomic E-state index is 0.0840. The molecule has 1 aromatic heterocycles. The Hall–Kier alpha value is -5.76. The van der Waals surface area contributed by atoms with Gasteiger partial charge in [0.1, 0.15) is 11.8 Å². The molecule has 1 atom stereocenters. The van der Waals surface area contributed by atoms with Crippen LogP contribution in [0.5, 0.6) is 5.75 Å². The fraction of sp³-hybridized carbons (Fsp3) is 0.200. The lowest BCUT2D eigenvalue weighted by atomic mass is 10.00. The van der Waals surface area contributed by atoms with Crippen molar-refractivity contribution in [1.29, 1.82) is 0 Å². The van der Waals surface area contributed by atoms with Crippen LogP contribution >= 0.6 is 0 Å². The van der Waals surface area contributed by atoms with E-state index in [4.69, 9.17) is 4.74 Å². The smallest absolute Gasteiger partial charge is 0.326 e. The maximum atomic E-state index is 13.2. The Labute approximate surface area is 281 Å². The lowest BCUT2D eigenvalue weighted by molar-refractivity contribution is -0.138. The van der Waals surface area contributed by atoms with Crippen LogP contribution < -0.4 is 10.1 Å². The molecule has 0 bridgehead atoms. The van der Waals surface area contributed by atoms with Crippen LogP contribution in [0.15, 0.2) is 134 Å². The van der Waals surface area contributed by atoms with Gasteiger partial charge in [-0.25, -0.2) is 4.79 Å². The summed E-state index contributed by atoms with van der Waals surface area (Å²) in [6, 6.07) is 36.1. The van der Waals surface area contributed by atoms with E-state index in [9.17, 15) is 19.5 Å². The molecule has 0 fully saturated rings. The third-order valence-corrected chi connectivity index (χ3v) is 7.96. The number of aryl methyl sites for hydroxylation is 1. The number of nitrogens with one attached hydrogen (secondary N) is 1. The van der Waals surface area contributed by atoms with E-state index in [0.29, 0.717) is 61.5 Å². The number of pyridine rings is 1. The van der Waals surface area contributed by atoms with Gasteiger partial charge in [0.05, 0.1) is 6.61 Å². The Kier molecular flexibility index (Phi) is 12.1. The fourth-order valence-corrected chi connectivity index (χ4v) is 5.39. The molecule has 0 aliphatic carbocycles. The molecule has 48 heavy (non-hydrogen) atoms. The standard InChI is InChI=1S/C40H39N3O5/c44-38(23-20-31-13-9-24-41-28-31)43(29-32-11-3-1-4-12-32)25-10-26-48-34-21-18-30(19-22-34)27-37(40(46)47)42-36-17-8-7-16-35(36)39(45)33-14-5-2-6-15-33/h1-9,11-19,21-22,24,28,37,42H,10,20,23,25-27,29H2,(H,46,47). The van der Waals surface area contributed by atoms with Crippen LogP contribution in [0, 0.1) is 0 Å². The van der Waals surface area contributed by atoms with Gasteiger partial charge in [-0.2, -0.15) is 0 Å². The number of carboxylic acids is 1. The summed E-state index contributed by atoms with van der Waals surface area (Å²) in [5.41, 5.74) is 4.33. The van der Waals surface area contributed by atoms with Gasteiger partial charge in [0, 0.05) is 55.1 Å². The molecular weight excluding hydrogens is 602 g/mol. The van der Waals surface area contributed by atoms with Crippen LogP contribution in [0.3, 0.4) is 0 Å². The first-order chi connectivity index (χ1) is 23.5. The second-order valence-electron chi connectivity index (χ2n) is 11.5. The van der Waals surface area contributed by atoms with Crippen molar-refractivity contribution in [3.8, 4) is 5.75 Å². The number of carbonyl (C=O) groups excluding carboxylic acids is 2. The van der Waals surface area contributed by atoms with Gasteiger partial charge in [0.15, 0.2) is 5.78 Å². The van der Waals surface area contributed by atoms with Crippen molar-refractivity contribution in [3.05, 3.63) is 162 Å². The molecule has 5 aromatic rings. The van der Waals surface area contributed by atoms with Gasteiger partial charge in [-0.1, -0.05) is 91.0 Å². The van der Waals surface area contributed by atoms with Crippen LogP contribution in [0.2, 0.25) is 0 Å². The fourth-order valence-electron chi connectivity index (χ4n) is 5.39. The number of aliphatic carboxylic acids is 1. The molecule has 0 spiro atoms. The lowest BCUT2D eigenvalue weighted by Gasteiger charge is -2.23. The summed E-state index contributed by atoms with van der Waals surface area (Å²) in [6.07, 6.45) is 5.42. The van der Waals surface area contributed by atoms with E-state index in [1.54, 1.807) is 60.9 Å². The van der Waals surface area contributed by atoms with Gasteiger partial charge >= 0.3 is 5.97 Å². The van der Waals surface area contributed by atoms with Gasteiger partial charge in [0.25, 0.3) is 0 Å². The number of rotatable bonds is 17. The van der Waals surface area contributed by atoms with E-state index in [0.717, 1.165) is 16.7 Å². The SMILES string of the molecule is O=C(c1ccccc1)c1ccccc1NC(Cc1ccc(OCCCN(Cc2ccccc2)C(=O)CCc2cccnc2)cc1)C(=O)O. The number of carbonyl (C=O) groups is 3. The van der Waals surface area contributed by atoms with E-state index in [2.05, 4.69) is 10.3 Å². The second kappa shape index (κ2) is 17.2. The number of ether oxygens (including phenoxy) is 1. The lowest BCUT2D eigenvalue weighted by Crippen LogP contribution is -2.32. The molecule has 1 amide bonds. The summed E-state index contributed by atoms with van der Waals surface area (Å²) in [4.78, 5) is 44.6. The number of amides is 1. The van der Waals surface area contributed by atoms with Gasteiger partial charge in [-0.15, -0.1) is 0 Å². The molecule has 4 aromatic carbocycles. The predicted molar refractivity (Wildman–Crippen MR) is 186 cm³/mol. The van der Waals surface area contributed by atoms with E-state index >= 15 is 0 Å². The zero-order valence-corrected chi connectivity index (χ0v) is 26.7. The highest BCUT2D eigenvalue weighted by Gasteiger charge is 2.21. The van der Waals surface area contributed by atoms with E-state index < -0.39 is 12.0 Å². The summed E-state index contributed by atoms with van der Waals surface area (Å²) < 4.78 is 5.99. The molecule has 5 rings (SSSR count). The highest BCUT2D eigenvalue weighted by Crippen LogP contribution is 2.22. The van der Waals surface area contributed by atoms with E-state index in [1.807, 2.05) is 77.7 Å². The van der Waals surface area contributed by atoms with Crippen molar-refractivity contribution in [2.24, 2.45) is 0 Å². The van der Waals surface area contributed by atoms with Crippen LogP contribution in [-0.2, 0) is 29.0 Å². The molecule has 1 unspecified atom stereocenters. The number of para-hydroxylation sites is 1. The Morgan fingerprint density at radius 3 is 2.17 bits per heavy atom. The molecule has 8 nitrogen and oxygen atoms in total.